The third-order valence-corrected chi connectivity index (χ3v) is 2.81. The Morgan fingerprint density at radius 3 is 3.17 bits per heavy atom. The van der Waals surface area contributed by atoms with Gasteiger partial charge in [-0.3, -0.25) is 0 Å². The first kappa shape index (κ1) is 9.96. The van der Waals surface area contributed by atoms with E-state index in [1.807, 2.05) is 11.6 Å². The molecular weight excluding hydrogens is 192 g/mol. The highest BCUT2D eigenvalue weighted by Crippen LogP contribution is 2.03. The molecule has 0 saturated heterocycles. The summed E-state index contributed by atoms with van der Waals surface area (Å²) in [6.45, 7) is 3.78. The van der Waals surface area contributed by atoms with Crippen LogP contribution in [0.4, 0.5) is 0 Å². The zero-order valence-electron chi connectivity index (χ0n) is 7.09. The number of aromatic nitrogens is 1. The Morgan fingerprint density at radius 1 is 1.75 bits per heavy atom. The maximum atomic E-state index is 5.93. The van der Waals surface area contributed by atoms with Crippen LogP contribution in [-0.2, 0) is 6.54 Å². The van der Waals surface area contributed by atoms with Crippen molar-refractivity contribution in [3.63, 3.8) is 0 Å². The average molecular weight is 205 g/mol. The molecule has 0 fully saturated rings. The van der Waals surface area contributed by atoms with Gasteiger partial charge in [0.1, 0.15) is 5.01 Å². The minimum atomic E-state index is 0.241. The summed E-state index contributed by atoms with van der Waals surface area (Å²) in [6, 6.07) is 0. The zero-order valence-corrected chi connectivity index (χ0v) is 8.66. The van der Waals surface area contributed by atoms with Gasteiger partial charge in [-0.1, -0.05) is 6.92 Å². The monoisotopic (exact) mass is 204 g/mol. The van der Waals surface area contributed by atoms with Gasteiger partial charge in [-0.2, -0.15) is 0 Å². The van der Waals surface area contributed by atoms with E-state index < -0.39 is 0 Å². The molecule has 0 aliphatic carbocycles. The van der Waals surface area contributed by atoms with Crippen LogP contribution in [0.25, 0.3) is 0 Å². The van der Waals surface area contributed by atoms with Gasteiger partial charge < -0.3 is 5.32 Å². The third-order valence-electron chi connectivity index (χ3n) is 1.57. The van der Waals surface area contributed by atoms with Gasteiger partial charge in [-0.15, -0.1) is 22.9 Å². The predicted octanol–water partition coefficient (Wildman–Crippen LogP) is 2.25. The summed E-state index contributed by atoms with van der Waals surface area (Å²) in [5.74, 6) is 0. The van der Waals surface area contributed by atoms with Crippen molar-refractivity contribution in [1.29, 1.82) is 0 Å². The number of thiazole rings is 1. The average Bonchev–Trinajstić information content (AvgIpc) is 2.57. The first-order valence-corrected chi connectivity index (χ1v) is 5.37. The van der Waals surface area contributed by atoms with Crippen LogP contribution in [-0.4, -0.2) is 16.9 Å². The van der Waals surface area contributed by atoms with Crippen LogP contribution in [0, 0.1) is 0 Å². The standard InChI is InChI=1S/C8H13ClN2S/c1-2-7(9)5-10-6-8-11-3-4-12-8/h3-4,7,10H,2,5-6H2,1H3. The van der Waals surface area contributed by atoms with Crippen LogP contribution in [0.5, 0.6) is 0 Å². The molecule has 1 atom stereocenters. The molecule has 12 heavy (non-hydrogen) atoms. The van der Waals surface area contributed by atoms with E-state index in [0.717, 1.165) is 24.5 Å². The lowest BCUT2D eigenvalue weighted by Crippen LogP contribution is -2.22. The summed E-state index contributed by atoms with van der Waals surface area (Å²) in [7, 11) is 0. The van der Waals surface area contributed by atoms with E-state index in [1.54, 1.807) is 11.3 Å². The van der Waals surface area contributed by atoms with Crippen molar-refractivity contribution in [2.45, 2.75) is 25.3 Å². The summed E-state index contributed by atoms with van der Waals surface area (Å²) < 4.78 is 0. The van der Waals surface area contributed by atoms with Crippen LogP contribution < -0.4 is 5.32 Å². The minimum Gasteiger partial charge on any atom is -0.309 e. The molecular formula is C8H13ClN2S. The molecule has 0 saturated carbocycles. The first-order chi connectivity index (χ1) is 5.83. The fourth-order valence-corrected chi connectivity index (χ4v) is 1.52. The number of alkyl halides is 1. The van der Waals surface area contributed by atoms with Gasteiger partial charge in [0.15, 0.2) is 0 Å². The summed E-state index contributed by atoms with van der Waals surface area (Å²) in [4.78, 5) is 4.15. The van der Waals surface area contributed by atoms with Crippen LogP contribution in [0.15, 0.2) is 11.6 Å². The van der Waals surface area contributed by atoms with E-state index in [0.29, 0.717) is 0 Å². The van der Waals surface area contributed by atoms with Crippen molar-refractivity contribution in [1.82, 2.24) is 10.3 Å². The molecule has 2 nitrogen and oxygen atoms in total. The number of rotatable bonds is 5. The molecule has 0 aliphatic heterocycles. The van der Waals surface area contributed by atoms with E-state index in [4.69, 9.17) is 11.6 Å². The molecule has 0 spiro atoms. The van der Waals surface area contributed by atoms with Crippen molar-refractivity contribution < 1.29 is 0 Å². The Balaban J connectivity index is 2.11. The number of hydrogen-bond acceptors (Lipinski definition) is 3. The molecule has 4 heteroatoms. The van der Waals surface area contributed by atoms with E-state index in [9.17, 15) is 0 Å². The van der Waals surface area contributed by atoms with E-state index in [1.165, 1.54) is 0 Å². The number of halogens is 1. The normalized spacial score (nSPS) is 13.2. The van der Waals surface area contributed by atoms with Crippen molar-refractivity contribution in [2.75, 3.05) is 6.54 Å². The van der Waals surface area contributed by atoms with Gasteiger partial charge in [0.2, 0.25) is 0 Å². The maximum absolute atomic E-state index is 5.93. The molecule has 68 valence electrons. The molecule has 1 rings (SSSR count). The first-order valence-electron chi connectivity index (χ1n) is 4.06. The lowest BCUT2D eigenvalue weighted by atomic mass is 10.3. The van der Waals surface area contributed by atoms with Crippen molar-refractivity contribution in [2.24, 2.45) is 0 Å². The Labute approximate surface area is 82.0 Å². The fourth-order valence-electron chi connectivity index (χ4n) is 0.820. The van der Waals surface area contributed by atoms with Crippen molar-refractivity contribution >= 4 is 22.9 Å². The Kier molecular flexibility index (Phi) is 4.58. The topological polar surface area (TPSA) is 24.9 Å². The lowest BCUT2D eigenvalue weighted by Gasteiger charge is -2.06. The maximum Gasteiger partial charge on any atom is 0.106 e. The number of nitrogens with one attached hydrogen (secondary N) is 1. The molecule has 1 aromatic rings. The Bertz CT molecular complexity index is 201. The smallest absolute Gasteiger partial charge is 0.106 e. The lowest BCUT2D eigenvalue weighted by molar-refractivity contribution is 0.645. The largest absolute Gasteiger partial charge is 0.309 e. The second kappa shape index (κ2) is 5.51. The molecule has 1 unspecified atom stereocenters. The molecule has 1 heterocycles. The van der Waals surface area contributed by atoms with E-state index >= 15 is 0 Å². The summed E-state index contributed by atoms with van der Waals surface area (Å²) in [5, 5.41) is 6.60. The molecule has 0 aromatic carbocycles. The predicted molar refractivity (Wildman–Crippen MR) is 53.8 cm³/mol. The second-order valence-corrected chi connectivity index (χ2v) is 4.16. The van der Waals surface area contributed by atoms with Crippen LogP contribution in [0.2, 0.25) is 0 Å². The highest BCUT2D eigenvalue weighted by atomic mass is 35.5. The molecule has 0 aliphatic rings. The van der Waals surface area contributed by atoms with Crippen LogP contribution in [0.3, 0.4) is 0 Å². The SMILES string of the molecule is CCC(Cl)CNCc1nccs1. The molecule has 0 bridgehead atoms. The van der Waals surface area contributed by atoms with E-state index in [-0.39, 0.29) is 5.38 Å². The van der Waals surface area contributed by atoms with Gasteiger partial charge in [0, 0.05) is 30.0 Å². The molecule has 1 aromatic heterocycles. The molecule has 1 N–H and O–H groups in total. The van der Waals surface area contributed by atoms with Gasteiger partial charge in [-0.25, -0.2) is 4.98 Å². The Hall–Kier alpha value is -0.120. The third kappa shape index (κ3) is 3.52. The number of hydrogen-bond donors (Lipinski definition) is 1. The second-order valence-electron chi connectivity index (χ2n) is 2.56. The quantitative estimate of drug-likeness (QED) is 0.745. The summed E-state index contributed by atoms with van der Waals surface area (Å²) in [5.41, 5.74) is 0. The van der Waals surface area contributed by atoms with Gasteiger partial charge in [-0.05, 0) is 6.42 Å². The fraction of sp³-hybridized carbons (Fsp3) is 0.625. The highest BCUT2D eigenvalue weighted by Gasteiger charge is 2.00. The number of nitrogens with zero attached hydrogens (tertiary/aromatic N) is 1. The summed E-state index contributed by atoms with van der Waals surface area (Å²) >= 11 is 7.59. The van der Waals surface area contributed by atoms with Gasteiger partial charge in [0.05, 0.1) is 0 Å². The molecule has 0 amide bonds. The molecule has 0 radical (unpaired) electrons. The van der Waals surface area contributed by atoms with Gasteiger partial charge >= 0.3 is 0 Å². The van der Waals surface area contributed by atoms with Crippen molar-refractivity contribution in [3.8, 4) is 0 Å². The van der Waals surface area contributed by atoms with E-state index in [2.05, 4.69) is 17.2 Å². The zero-order chi connectivity index (χ0) is 8.81. The van der Waals surface area contributed by atoms with Crippen LogP contribution in [0.1, 0.15) is 18.4 Å². The van der Waals surface area contributed by atoms with Crippen molar-refractivity contribution in [3.05, 3.63) is 16.6 Å². The van der Waals surface area contributed by atoms with Crippen LogP contribution >= 0.6 is 22.9 Å². The summed E-state index contributed by atoms with van der Waals surface area (Å²) in [6.07, 6.45) is 2.83. The highest BCUT2D eigenvalue weighted by molar-refractivity contribution is 7.09. The van der Waals surface area contributed by atoms with Gasteiger partial charge in [0.25, 0.3) is 0 Å². The Morgan fingerprint density at radius 2 is 2.58 bits per heavy atom. The minimum absolute atomic E-state index is 0.241.